The van der Waals surface area contributed by atoms with Gasteiger partial charge in [0.15, 0.2) is 28.2 Å². The first-order valence-corrected chi connectivity index (χ1v) is 11.1. The first-order valence-electron chi connectivity index (χ1n) is 10.3. The van der Waals surface area contributed by atoms with Crippen molar-refractivity contribution in [2.75, 3.05) is 39.1 Å². The Balaban J connectivity index is 1.67. The number of nitrogens with one attached hydrogen (secondary N) is 2. The molecule has 0 saturated carbocycles. The molecule has 4 aromatic rings. The quantitative estimate of drug-likeness (QED) is 0.332. The SMILES string of the molecule is COc1ccc(Nc2nc(Nc3ccc(OC)c(OC)c3)nc(Sc3nncn3C)n2)cc1OC. The van der Waals surface area contributed by atoms with Crippen molar-refractivity contribution in [2.45, 2.75) is 10.3 Å². The largest absolute Gasteiger partial charge is 0.493 e. The van der Waals surface area contributed by atoms with Crippen LogP contribution in [0.2, 0.25) is 0 Å². The smallest absolute Gasteiger partial charge is 0.233 e. The Kier molecular flexibility index (Phi) is 7.35. The van der Waals surface area contributed by atoms with Crippen molar-refractivity contribution in [2.24, 2.45) is 7.05 Å². The first-order chi connectivity index (χ1) is 17.0. The Bertz CT molecular complexity index is 1240. The number of benzene rings is 2. The normalized spacial score (nSPS) is 10.5. The van der Waals surface area contributed by atoms with Crippen LogP contribution in [0.3, 0.4) is 0 Å². The van der Waals surface area contributed by atoms with Crippen LogP contribution in [0.25, 0.3) is 0 Å². The Hall–Kier alpha value is -4.26. The molecule has 0 bridgehead atoms. The number of hydrogen-bond donors (Lipinski definition) is 2. The van der Waals surface area contributed by atoms with E-state index in [9.17, 15) is 0 Å². The Morgan fingerprint density at radius 3 is 1.66 bits per heavy atom. The molecule has 13 heteroatoms. The zero-order valence-electron chi connectivity index (χ0n) is 19.8. The number of ether oxygens (including phenoxy) is 4. The van der Waals surface area contributed by atoms with E-state index >= 15 is 0 Å². The van der Waals surface area contributed by atoms with Crippen molar-refractivity contribution in [3.8, 4) is 23.0 Å². The Labute approximate surface area is 206 Å². The number of methoxy groups -OCH3 is 4. The highest BCUT2D eigenvalue weighted by Gasteiger charge is 2.14. The monoisotopic (exact) mass is 496 g/mol. The predicted molar refractivity (Wildman–Crippen MR) is 131 cm³/mol. The van der Waals surface area contributed by atoms with Gasteiger partial charge in [0, 0.05) is 30.6 Å². The Morgan fingerprint density at radius 1 is 0.714 bits per heavy atom. The summed E-state index contributed by atoms with van der Waals surface area (Å²) in [5.41, 5.74) is 1.42. The number of aromatic nitrogens is 6. The first kappa shape index (κ1) is 23.9. The summed E-state index contributed by atoms with van der Waals surface area (Å²) < 4.78 is 23.2. The third-order valence-corrected chi connectivity index (χ3v) is 5.66. The molecule has 2 N–H and O–H groups in total. The van der Waals surface area contributed by atoms with E-state index in [1.807, 2.05) is 19.2 Å². The van der Waals surface area contributed by atoms with E-state index in [-0.39, 0.29) is 0 Å². The second kappa shape index (κ2) is 10.8. The van der Waals surface area contributed by atoms with E-state index in [1.165, 1.54) is 11.8 Å². The molecule has 35 heavy (non-hydrogen) atoms. The molecule has 2 aromatic carbocycles. The molecule has 0 amide bonds. The number of hydrogen-bond acceptors (Lipinski definition) is 12. The van der Waals surface area contributed by atoms with Crippen molar-refractivity contribution < 1.29 is 18.9 Å². The molecular formula is C22H24N8O4S. The average molecular weight is 497 g/mol. The zero-order chi connectivity index (χ0) is 24.8. The molecule has 12 nitrogen and oxygen atoms in total. The number of rotatable bonds is 10. The fourth-order valence-electron chi connectivity index (χ4n) is 3.05. The molecule has 4 rings (SSSR count). The molecule has 0 fully saturated rings. The van der Waals surface area contributed by atoms with E-state index in [0.29, 0.717) is 56.6 Å². The van der Waals surface area contributed by atoms with Gasteiger partial charge in [-0.25, -0.2) is 0 Å². The Morgan fingerprint density at radius 2 is 1.23 bits per heavy atom. The minimum Gasteiger partial charge on any atom is -0.493 e. The molecule has 182 valence electrons. The maximum atomic E-state index is 5.39. The van der Waals surface area contributed by atoms with E-state index in [0.717, 1.165) is 0 Å². The molecular weight excluding hydrogens is 472 g/mol. The van der Waals surface area contributed by atoms with Crippen molar-refractivity contribution in [1.29, 1.82) is 0 Å². The second-order valence-corrected chi connectivity index (χ2v) is 7.92. The molecule has 0 saturated heterocycles. The van der Waals surface area contributed by atoms with E-state index in [2.05, 4.69) is 35.8 Å². The predicted octanol–water partition coefficient (Wildman–Crippen LogP) is 3.67. The summed E-state index contributed by atoms with van der Waals surface area (Å²) >= 11 is 1.26. The summed E-state index contributed by atoms with van der Waals surface area (Å²) in [6.45, 7) is 0. The molecule has 0 aliphatic carbocycles. The molecule has 2 aromatic heterocycles. The van der Waals surface area contributed by atoms with Crippen molar-refractivity contribution in [3.05, 3.63) is 42.7 Å². The lowest BCUT2D eigenvalue weighted by atomic mass is 10.2. The van der Waals surface area contributed by atoms with Crippen LogP contribution in [0.4, 0.5) is 23.3 Å². The lowest BCUT2D eigenvalue weighted by molar-refractivity contribution is 0.355. The summed E-state index contributed by atoms with van der Waals surface area (Å²) in [6.07, 6.45) is 1.61. The number of aryl methyl sites for hydroxylation is 1. The van der Waals surface area contributed by atoms with Gasteiger partial charge in [0.2, 0.25) is 17.1 Å². The zero-order valence-corrected chi connectivity index (χ0v) is 20.6. The van der Waals surface area contributed by atoms with Gasteiger partial charge < -0.3 is 34.1 Å². The topological polar surface area (TPSA) is 130 Å². The molecule has 0 aliphatic rings. The van der Waals surface area contributed by atoms with Crippen LogP contribution in [0.1, 0.15) is 0 Å². The third kappa shape index (κ3) is 5.63. The van der Waals surface area contributed by atoms with E-state index in [4.69, 9.17) is 18.9 Å². The van der Waals surface area contributed by atoms with Gasteiger partial charge in [0.05, 0.1) is 28.4 Å². The minimum atomic E-state index is 0.319. The maximum absolute atomic E-state index is 5.39. The maximum Gasteiger partial charge on any atom is 0.233 e. The fraction of sp³-hybridized carbons (Fsp3) is 0.227. The fourth-order valence-corrected chi connectivity index (χ4v) is 3.75. The van der Waals surface area contributed by atoms with E-state index < -0.39 is 0 Å². The van der Waals surface area contributed by atoms with Gasteiger partial charge in [-0.3, -0.25) is 0 Å². The van der Waals surface area contributed by atoms with Crippen LogP contribution in [0, 0.1) is 0 Å². The molecule has 0 radical (unpaired) electrons. The summed E-state index contributed by atoms with van der Waals surface area (Å²) in [5, 5.41) is 15.4. The van der Waals surface area contributed by atoms with Crippen LogP contribution in [0.15, 0.2) is 53.0 Å². The molecule has 2 heterocycles. The van der Waals surface area contributed by atoms with Crippen LogP contribution in [-0.2, 0) is 7.05 Å². The highest BCUT2D eigenvalue weighted by atomic mass is 32.2. The number of nitrogens with zero attached hydrogens (tertiary/aromatic N) is 6. The molecule has 0 unspecified atom stereocenters. The van der Waals surface area contributed by atoms with Crippen molar-refractivity contribution in [3.63, 3.8) is 0 Å². The highest BCUT2D eigenvalue weighted by Crippen LogP contribution is 2.33. The van der Waals surface area contributed by atoms with Gasteiger partial charge in [-0.2, -0.15) is 15.0 Å². The lowest BCUT2D eigenvalue weighted by Crippen LogP contribution is -2.06. The lowest BCUT2D eigenvalue weighted by Gasteiger charge is -2.13. The van der Waals surface area contributed by atoms with E-state index in [1.54, 1.807) is 63.6 Å². The minimum absolute atomic E-state index is 0.319. The van der Waals surface area contributed by atoms with Gasteiger partial charge in [-0.15, -0.1) is 10.2 Å². The summed E-state index contributed by atoms with van der Waals surface area (Å²) in [6, 6.07) is 10.8. The number of anilines is 4. The summed E-state index contributed by atoms with van der Waals surface area (Å²) in [7, 11) is 8.16. The van der Waals surface area contributed by atoms with Crippen LogP contribution >= 0.6 is 11.8 Å². The average Bonchev–Trinajstić information content (AvgIpc) is 3.27. The third-order valence-electron chi connectivity index (χ3n) is 4.75. The van der Waals surface area contributed by atoms with Gasteiger partial charge in [0.25, 0.3) is 0 Å². The van der Waals surface area contributed by atoms with Crippen LogP contribution in [0.5, 0.6) is 23.0 Å². The van der Waals surface area contributed by atoms with Gasteiger partial charge in [0.1, 0.15) is 6.33 Å². The van der Waals surface area contributed by atoms with Crippen LogP contribution in [-0.4, -0.2) is 58.2 Å². The molecule has 0 aliphatic heterocycles. The van der Waals surface area contributed by atoms with Crippen molar-refractivity contribution in [1.82, 2.24) is 29.7 Å². The summed E-state index contributed by atoms with van der Waals surface area (Å²) in [5.74, 6) is 3.01. The standard InChI is InChI=1S/C22H24N8O4S/c1-30-12-23-29-22(30)35-21-27-19(24-13-6-8-15(31-2)17(10-13)33-4)26-20(28-21)25-14-7-9-16(32-3)18(11-14)34-5/h6-12H,1-5H3,(H2,24,25,26,27,28). The van der Waals surface area contributed by atoms with Crippen molar-refractivity contribution >= 4 is 35.0 Å². The van der Waals surface area contributed by atoms with Gasteiger partial charge in [-0.05, 0) is 36.0 Å². The second-order valence-electron chi connectivity index (χ2n) is 6.98. The highest BCUT2D eigenvalue weighted by molar-refractivity contribution is 7.99. The summed E-state index contributed by atoms with van der Waals surface area (Å²) in [4.78, 5) is 13.6. The molecule has 0 atom stereocenters. The van der Waals surface area contributed by atoms with Gasteiger partial charge in [-0.1, -0.05) is 0 Å². The van der Waals surface area contributed by atoms with Crippen LogP contribution < -0.4 is 29.6 Å². The van der Waals surface area contributed by atoms with Gasteiger partial charge >= 0.3 is 0 Å². The molecule has 0 spiro atoms.